The van der Waals surface area contributed by atoms with Crippen LogP contribution in [0.1, 0.15) is 17.5 Å². The molecule has 2 rings (SSSR count). The van der Waals surface area contributed by atoms with Crippen molar-refractivity contribution in [2.45, 2.75) is 24.8 Å². The van der Waals surface area contributed by atoms with E-state index in [1.54, 1.807) is 0 Å². The van der Waals surface area contributed by atoms with Crippen molar-refractivity contribution in [1.82, 2.24) is 0 Å². The summed E-state index contributed by atoms with van der Waals surface area (Å²) in [5.41, 5.74) is 8.27. The van der Waals surface area contributed by atoms with E-state index in [0.717, 1.165) is 23.7 Å². The number of hydrogen-bond acceptors (Lipinski definition) is 2. The molecule has 1 aromatic rings. The van der Waals surface area contributed by atoms with Crippen LogP contribution in [0.2, 0.25) is 0 Å². The van der Waals surface area contributed by atoms with Gasteiger partial charge in [0, 0.05) is 10.0 Å². The predicted octanol–water partition coefficient (Wildman–Crippen LogP) is 1.63. The Kier molecular flexibility index (Phi) is 2.64. The molecule has 3 N–H and O–H groups in total. The van der Waals surface area contributed by atoms with Gasteiger partial charge in [0.1, 0.15) is 0 Å². The second-order valence-electron chi connectivity index (χ2n) is 4.07. The van der Waals surface area contributed by atoms with Gasteiger partial charge in [-0.1, -0.05) is 28.1 Å². The van der Waals surface area contributed by atoms with Crippen LogP contribution in [0, 0.1) is 0 Å². The summed E-state index contributed by atoms with van der Waals surface area (Å²) >= 11 is 3.53. The predicted molar refractivity (Wildman–Crippen MR) is 60.2 cm³/mol. The first-order valence-corrected chi connectivity index (χ1v) is 5.60. The molecule has 1 aliphatic carbocycles. The Labute approximate surface area is 92.3 Å². The second-order valence-corrected chi connectivity index (χ2v) is 4.93. The highest BCUT2D eigenvalue weighted by atomic mass is 79.9. The molecule has 0 fully saturated rings. The minimum absolute atomic E-state index is 0.0633. The van der Waals surface area contributed by atoms with Crippen LogP contribution in [0.25, 0.3) is 0 Å². The van der Waals surface area contributed by atoms with Gasteiger partial charge in [0.15, 0.2) is 0 Å². The van der Waals surface area contributed by atoms with E-state index in [2.05, 4.69) is 22.0 Å². The third-order valence-corrected chi connectivity index (χ3v) is 3.69. The maximum atomic E-state index is 9.23. The first-order chi connectivity index (χ1) is 6.64. The van der Waals surface area contributed by atoms with Crippen LogP contribution in [0.3, 0.4) is 0 Å². The van der Waals surface area contributed by atoms with Crippen molar-refractivity contribution < 1.29 is 5.11 Å². The lowest BCUT2D eigenvalue weighted by Gasteiger charge is -2.33. The monoisotopic (exact) mass is 255 g/mol. The summed E-state index contributed by atoms with van der Waals surface area (Å²) in [5.74, 6) is 0. The molecule has 0 heterocycles. The summed E-state index contributed by atoms with van der Waals surface area (Å²) in [5, 5.41) is 9.23. The molecule has 0 saturated carbocycles. The number of aliphatic hydroxyl groups excluding tert-OH is 1. The van der Waals surface area contributed by atoms with E-state index < -0.39 is 5.54 Å². The van der Waals surface area contributed by atoms with E-state index in [9.17, 15) is 5.11 Å². The Morgan fingerprint density at radius 1 is 1.50 bits per heavy atom. The van der Waals surface area contributed by atoms with E-state index in [1.165, 1.54) is 11.1 Å². The molecule has 0 aliphatic heterocycles. The van der Waals surface area contributed by atoms with Gasteiger partial charge < -0.3 is 10.8 Å². The molecule has 1 aromatic carbocycles. The van der Waals surface area contributed by atoms with Crippen LogP contribution in [-0.4, -0.2) is 17.3 Å². The van der Waals surface area contributed by atoms with Gasteiger partial charge in [0.25, 0.3) is 0 Å². The quantitative estimate of drug-likeness (QED) is 0.802. The SMILES string of the molecule is NC1(CO)CCc2cccc(Br)c2C1. The number of hydrogen-bond donors (Lipinski definition) is 2. The molecule has 0 saturated heterocycles. The first-order valence-electron chi connectivity index (χ1n) is 4.81. The van der Waals surface area contributed by atoms with Crippen LogP contribution in [0.15, 0.2) is 22.7 Å². The molecule has 0 bridgehead atoms. The fraction of sp³-hybridized carbons (Fsp3) is 0.455. The van der Waals surface area contributed by atoms with Gasteiger partial charge in [-0.3, -0.25) is 0 Å². The molecule has 0 amide bonds. The third-order valence-electron chi connectivity index (χ3n) is 2.95. The molecule has 1 atom stereocenters. The molecule has 1 unspecified atom stereocenters. The Balaban J connectivity index is 2.38. The molecule has 0 radical (unpaired) electrons. The van der Waals surface area contributed by atoms with E-state index in [-0.39, 0.29) is 6.61 Å². The smallest absolute Gasteiger partial charge is 0.0614 e. The van der Waals surface area contributed by atoms with E-state index in [0.29, 0.717) is 0 Å². The summed E-state index contributed by atoms with van der Waals surface area (Å²) in [4.78, 5) is 0. The first kappa shape index (κ1) is 10.1. The van der Waals surface area contributed by atoms with Crippen LogP contribution >= 0.6 is 15.9 Å². The van der Waals surface area contributed by atoms with E-state index >= 15 is 0 Å². The highest BCUT2D eigenvalue weighted by Crippen LogP contribution is 2.31. The maximum Gasteiger partial charge on any atom is 0.0614 e. The largest absolute Gasteiger partial charge is 0.394 e. The van der Waals surface area contributed by atoms with Crippen molar-refractivity contribution in [3.63, 3.8) is 0 Å². The molecule has 76 valence electrons. The molecular formula is C11H14BrNO. The lowest BCUT2D eigenvalue weighted by Crippen LogP contribution is -2.48. The number of benzene rings is 1. The molecular weight excluding hydrogens is 242 g/mol. The Hall–Kier alpha value is -0.380. The molecule has 1 aliphatic rings. The average Bonchev–Trinajstić information content (AvgIpc) is 2.20. The van der Waals surface area contributed by atoms with Gasteiger partial charge in [-0.05, 0) is 36.5 Å². The van der Waals surface area contributed by atoms with Gasteiger partial charge in [-0.2, -0.15) is 0 Å². The zero-order valence-electron chi connectivity index (χ0n) is 7.96. The van der Waals surface area contributed by atoms with E-state index in [4.69, 9.17) is 5.73 Å². The van der Waals surface area contributed by atoms with Gasteiger partial charge in [-0.25, -0.2) is 0 Å². The van der Waals surface area contributed by atoms with Crippen molar-refractivity contribution in [3.05, 3.63) is 33.8 Å². The molecule has 2 nitrogen and oxygen atoms in total. The Bertz CT molecular complexity index is 353. The highest BCUT2D eigenvalue weighted by molar-refractivity contribution is 9.10. The summed E-state index contributed by atoms with van der Waals surface area (Å²) in [6.45, 7) is 0.0633. The lowest BCUT2D eigenvalue weighted by molar-refractivity contribution is 0.181. The van der Waals surface area contributed by atoms with Crippen LogP contribution in [0.4, 0.5) is 0 Å². The number of nitrogens with two attached hydrogens (primary N) is 1. The van der Waals surface area contributed by atoms with Crippen LogP contribution in [-0.2, 0) is 12.8 Å². The van der Waals surface area contributed by atoms with Gasteiger partial charge in [0.05, 0.1) is 6.61 Å². The highest BCUT2D eigenvalue weighted by Gasteiger charge is 2.30. The number of aliphatic hydroxyl groups is 1. The normalized spacial score (nSPS) is 25.9. The maximum absolute atomic E-state index is 9.23. The topological polar surface area (TPSA) is 46.2 Å². The summed E-state index contributed by atoms with van der Waals surface area (Å²) in [6, 6.07) is 6.21. The third kappa shape index (κ3) is 1.72. The molecule has 14 heavy (non-hydrogen) atoms. The zero-order chi connectivity index (χ0) is 10.2. The Morgan fingerprint density at radius 2 is 2.29 bits per heavy atom. The van der Waals surface area contributed by atoms with Crippen molar-refractivity contribution >= 4 is 15.9 Å². The summed E-state index contributed by atoms with van der Waals surface area (Å²) in [6.07, 6.45) is 2.60. The number of aryl methyl sites for hydroxylation is 1. The van der Waals surface area contributed by atoms with Gasteiger partial charge in [0.2, 0.25) is 0 Å². The van der Waals surface area contributed by atoms with Crippen molar-refractivity contribution in [3.8, 4) is 0 Å². The number of fused-ring (bicyclic) bond motifs is 1. The molecule has 0 aromatic heterocycles. The molecule has 3 heteroatoms. The lowest BCUT2D eigenvalue weighted by atomic mass is 9.79. The number of rotatable bonds is 1. The van der Waals surface area contributed by atoms with Crippen molar-refractivity contribution in [2.24, 2.45) is 5.73 Å². The van der Waals surface area contributed by atoms with Gasteiger partial charge in [-0.15, -0.1) is 0 Å². The van der Waals surface area contributed by atoms with E-state index in [1.807, 2.05) is 12.1 Å². The fourth-order valence-electron chi connectivity index (χ4n) is 1.99. The van der Waals surface area contributed by atoms with Gasteiger partial charge >= 0.3 is 0 Å². The standard InChI is InChI=1S/C11H14BrNO/c12-10-3-1-2-8-4-5-11(13,7-14)6-9(8)10/h1-3,14H,4-7,13H2. The summed E-state index contributed by atoms with van der Waals surface area (Å²) < 4.78 is 1.11. The summed E-state index contributed by atoms with van der Waals surface area (Å²) in [7, 11) is 0. The minimum Gasteiger partial charge on any atom is -0.394 e. The van der Waals surface area contributed by atoms with Crippen molar-refractivity contribution in [2.75, 3.05) is 6.61 Å². The minimum atomic E-state index is -0.420. The average molecular weight is 256 g/mol. The van der Waals surface area contributed by atoms with Crippen LogP contribution < -0.4 is 5.73 Å². The van der Waals surface area contributed by atoms with Crippen molar-refractivity contribution in [1.29, 1.82) is 0 Å². The fourth-order valence-corrected chi connectivity index (χ4v) is 2.54. The zero-order valence-corrected chi connectivity index (χ0v) is 9.55. The Morgan fingerprint density at radius 3 is 3.00 bits per heavy atom. The van der Waals surface area contributed by atoms with Crippen LogP contribution in [0.5, 0.6) is 0 Å². The molecule has 0 spiro atoms. The second kappa shape index (κ2) is 3.65. The number of halogens is 1.